The fourth-order valence-electron chi connectivity index (χ4n) is 3.38. The van der Waals surface area contributed by atoms with Crippen LogP contribution in [0.3, 0.4) is 0 Å². The van der Waals surface area contributed by atoms with Crippen molar-refractivity contribution in [1.82, 2.24) is 15.5 Å². The molecule has 1 aliphatic rings. The molecule has 1 aromatic carbocycles. The fraction of sp³-hybridized carbons (Fsp3) is 0.579. The number of rotatable bonds is 6. The SMILES string of the molecule is CCNC(=NCc1ccccc1F)NCC1(C(=O)N(C)C)CCCC1. The van der Waals surface area contributed by atoms with Crippen LogP contribution in [0.15, 0.2) is 29.3 Å². The summed E-state index contributed by atoms with van der Waals surface area (Å²) in [5, 5.41) is 6.47. The lowest BCUT2D eigenvalue weighted by molar-refractivity contribution is -0.138. The number of carbonyl (C=O) groups is 1. The Morgan fingerprint density at radius 1 is 1.24 bits per heavy atom. The second kappa shape index (κ2) is 8.83. The molecule has 0 aromatic heterocycles. The number of benzene rings is 1. The highest BCUT2D eigenvalue weighted by Gasteiger charge is 2.42. The van der Waals surface area contributed by atoms with E-state index in [-0.39, 0.29) is 23.7 Å². The van der Waals surface area contributed by atoms with Crippen LogP contribution in [-0.2, 0) is 11.3 Å². The zero-order valence-electron chi connectivity index (χ0n) is 15.4. The van der Waals surface area contributed by atoms with Crippen molar-refractivity contribution in [2.45, 2.75) is 39.2 Å². The maximum Gasteiger partial charge on any atom is 0.230 e. The van der Waals surface area contributed by atoms with Crippen molar-refractivity contribution in [1.29, 1.82) is 0 Å². The summed E-state index contributed by atoms with van der Waals surface area (Å²) >= 11 is 0. The van der Waals surface area contributed by atoms with Crippen LogP contribution in [0.2, 0.25) is 0 Å². The fourth-order valence-corrected chi connectivity index (χ4v) is 3.38. The van der Waals surface area contributed by atoms with Crippen LogP contribution in [-0.4, -0.2) is 44.0 Å². The van der Waals surface area contributed by atoms with Gasteiger partial charge in [-0.25, -0.2) is 9.38 Å². The van der Waals surface area contributed by atoms with Crippen LogP contribution in [0.4, 0.5) is 4.39 Å². The highest BCUT2D eigenvalue weighted by molar-refractivity contribution is 5.85. The molecule has 0 radical (unpaired) electrons. The smallest absolute Gasteiger partial charge is 0.230 e. The van der Waals surface area contributed by atoms with Crippen molar-refractivity contribution in [2.75, 3.05) is 27.2 Å². The van der Waals surface area contributed by atoms with Gasteiger partial charge in [-0.05, 0) is 25.8 Å². The molecule has 1 aromatic rings. The van der Waals surface area contributed by atoms with E-state index in [0.29, 0.717) is 24.6 Å². The lowest BCUT2D eigenvalue weighted by atomic mass is 9.84. The number of nitrogens with zero attached hydrogens (tertiary/aromatic N) is 2. The Morgan fingerprint density at radius 3 is 2.52 bits per heavy atom. The second-order valence-corrected chi connectivity index (χ2v) is 6.83. The Bertz CT molecular complexity index is 609. The largest absolute Gasteiger partial charge is 0.357 e. The first-order valence-electron chi connectivity index (χ1n) is 8.96. The first kappa shape index (κ1) is 19.2. The summed E-state index contributed by atoms with van der Waals surface area (Å²) in [6.07, 6.45) is 3.93. The molecule has 1 amide bonds. The van der Waals surface area contributed by atoms with Crippen molar-refractivity contribution in [3.05, 3.63) is 35.6 Å². The zero-order valence-corrected chi connectivity index (χ0v) is 15.4. The number of nitrogens with one attached hydrogen (secondary N) is 2. The Kier molecular flexibility index (Phi) is 6.79. The number of halogens is 1. The summed E-state index contributed by atoms with van der Waals surface area (Å²) in [4.78, 5) is 18.8. The van der Waals surface area contributed by atoms with Gasteiger partial charge in [0.15, 0.2) is 5.96 Å². The van der Waals surface area contributed by atoms with E-state index in [1.165, 1.54) is 6.07 Å². The average molecular weight is 348 g/mol. The van der Waals surface area contributed by atoms with Crippen LogP contribution in [0.5, 0.6) is 0 Å². The molecule has 0 heterocycles. The maximum absolute atomic E-state index is 13.8. The lowest BCUT2D eigenvalue weighted by Gasteiger charge is -2.31. The summed E-state index contributed by atoms with van der Waals surface area (Å²) < 4.78 is 13.8. The van der Waals surface area contributed by atoms with E-state index in [4.69, 9.17) is 0 Å². The summed E-state index contributed by atoms with van der Waals surface area (Å²) in [5.74, 6) is 0.531. The highest BCUT2D eigenvalue weighted by atomic mass is 19.1. The number of aliphatic imine (C=N–C) groups is 1. The van der Waals surface area contributed by atoms with E-state index in [1.54, 1.807) is 37.2 Å². The third kappa shape index (κ3) is 4.94. The van der Waals surface area contributed by atoms with Crippen molar-refractivity contribution in [3.63, 3.8) is 0 Å². The standard InChI is InChI=1S/C19H29FN4O/c1-4-21-18(22-13-15-9-5-6-10-16(15)20)23-14-19(11-7-8-12-19)17(25)24(2)3/h5-6,9-10H,4,7-8,11-14H2,1-3H3,(H2,21,22,23). The van der Waals surface area contributed by atoms with Crippen LogP contribution < -0.4 is 10.6 Å². The molecule has 5 nitrogen and oxygen atoms in total. The van der Waals surface area contributed by atoms with Crippen LogP contribution in [0, 0.1) is 11.2 Å². The molecule has 0 bridgehead atoms. The van der Waals surface area contributed by atoms with Gasteiger partial charge in [0, 0.05) is 32.7 Å². The highest BCUT2D eigenvalue weighted by Crippen LogP contribution is 2.38. The van der Waals surface area contributed by atoms with Gasteiger partial charge in [-0.1, -0.05) is 31.0 Å². The minimum Gasteiger partial charge on any atom is -0.357 e. The molecule has 1 fully saturated rings. The molecule has 138 valence electrons. The van der Waals surface area contributed by atoms with E-state index in [2.05, 4.69) is 15.6 Å². The van der Waals surface area contributed by atoms with Gasteiger partial charge < -0.3 is 15.5 Å². The molecule has 2 N–H and O–H groups in total. The number of hydrogen-bond acceptors (Lipinski definition) is 2. The third-order valence-corrected chi connectivity index (χ3v) is 4.72. The number of amides is 1. The molecular weight excluding hydrogens is 319 g/mol. The molecule has 25 heavy (non-hydrogen) atoms. The molecule has 0 aliphatic heterocycles. The summed E-state index contributed by atoms with van der Waals surface area (Å²) in [5.41, 5.74) is 0.192. The minimum absolute atomic E-state index is 0.169. The Labute approximate surface area is 149 Å². The predicted octanol–water partition coefficient (Wildman–Crippen LogP) is 2.53. The molecule has 6 heteroatoms. The van der Waals surface area contributed by atoms with Crippen molar-refractivity contribution < 1.29 is 9.18 Å². The molecule has 0 spiro atoms. The summed E-state index contributed by atoms with van der Waals surface area (Å²) in [7, 11) is 3.61. The van der Waals surface area contributed by atoms with Gasteiger partial charge >= 0.3 is 0 Å². The molecule has 1 aliphatic carbocycles. The van der Waals surface area contributed by atoms with Gasteiger partial charge in [-0.2, -0.15) is 0 Å². The quantitative estimate of drug-likeness (QED) is 0.614. The van der Waals surface area contributed by atoms with E-state index in [0.717, 1.165) is 25.7 Å². The van der Waals surface area contributed by atoms with Gasteiger partial charge in [-0.15, -0.1) is 0 Å². The van der Waals surface area contributed by atoms with Crippen molar-refractivity contribution in [3.8, 4) is 0 Å². The molecule has 0 saturated heterocycles. The van der Waals surface area contributed by atoms with Crippen LogP contribution >= 0.6 is 0 Å². The molecule has 0 atom stereocenters. The molecule has 1 saturated carbocycles. The van der Waals surface area contributed by atoms with E-state index in [1.807, 2.05) is 6.92 Å². The average Bonchev–Trinajstić information content (AvgIpc) is 3.08. The van der Waals surface area contributed by atoms with Crippen molar-refractivity contribution >= 4 is 11.9 Å². The molecule has 0 unspecified atom stereocenters. The van der Waals surface area contributed by atoms with Crippen molar-refractivity contribution in [2.24, 2.45) is 10.4 Å². The van der Waals surface area contributed by atoms with Gasteiger partial charge in [0.2, 0.25) is 5.91 Å². The number of guanidine groups is 1. The van der Waals surface area contributed by atoms with E-state index >= 15 is 0 Å². The van der Waals surface area contributed by atoms with E-state index in [9.17, 15) is 9.18 Å². The molecular formula is C19H29FN4O. The first-order valence-corrected chi connectivity index (χ1v) is 8.96. The summed E-state index contributed by atoms with van der Waals surface area (Å²) in [6, 6.07) is 6.64. The Balaban J connectivity index is 2.06. The monoisotopic (exact) mass is 348 g/mol. The normalized spacial score (nSPS) is 16.6. The Morgan fingerprint density at radius 2 is 1.92 bits per heavy atom. The topological polar surface area (TPSA) is 56.7 Å². The first-order chi connectivity index (χ1) is 12.0. The van der Waals surface area contributed by atoms with E-state index < -0.39 is 0 Å². The minimum atomic E-state index is -0.363. The van der Waals surface area contributed by atoms with Gasteiger partial charge in [0.25, 0.3) is 0 Å². The Hall–Kier alpha value is -2.11. The second-order valence-electron chi connectivity index (χ2n) is 6.83. The van der Waals surface area contributed by atoms with Gasteiger partial charge in [0.05, 0.1) is 12.0 Å². The number of hydrogen-bond donors (Lipinski definition) is 2. The summed E-state index contributed by atoms with van der Waals surface area (Å²) in [6.45, 7) is 3.50. The van der Waals surface area contributed by atoms with Crippen LogP contribution in [0.25, 0.3) is 0 Å². The molecule has 2 rings (SSSR count). The lowest BCUT2D eigenvalue weighted by Crippen LogP contribution is -2.49. The third-order valence-electron chi connectivity index (χ3n) is 4.72. The van der Waals surface area contributed by atoms with Crippen LogP contribution in [0.1, 0.15) is 38.2 Å². The van der Waals surface area contributed by atoms with Gasteiger partial charge in [-0.3, -0.25) is 4.79 Å². The number of carbonyl (C=O) groups excluding carboxylic acids is 1. The maximum atomic E-state index is 13.8. The van der Waals surface area contributed by atoms with Gasteiger partial charge in [0.1, 0.15) is 5.82 Å². The predicted molar refractivity (Wildman–Crippen MR) is 98.8 cm³/mol. The zero-order chi connectivity index (χ0) is 18.3.